The summed E-state index contributed by atoms with van der Waals surface area (Å²) < 4.78 is 33.9. The molecule has 0 aliphatic carbocycles. The summed E-state index contributed by atoms with van der Waals surface area (Å²) in [6.45, 7) is 1.43. The molecule has 3 rings (SSSR count). The molecule has 1 aromatic carbocycles. The van der Waals surface area contributed by atoms with Gasteiger partial charge in [0, 0.05) is 19.4 Å². The first kappa shape index (κ1) is 15.8. The quantitative estimate of drug-likeness (QED) is 0.913. The topological polar surface area (TPSA) is 73.2 Å². The summed E-state index contributed by atoms with van der Waals surface area (Å²) >= 11 is 0. The molecule has 0 bridgehead atoms. The number of rotatable bonds is 5. The maximum absolute atomic E-state index is 12.1. The fraction of sp³-hybridized carbons (Fsp3) is 0.312. The van der Waals surface area contributed by atoms with Gasteiger partial charge in [-0.3, -0.25) is 9.40 Å². The zero-order chi connectivity index (χ0) is 16.1. The van der Waals surface area contributed by atoms with Crippen LogP contribution in [0.2, 0.25) is 0 Å². The predicted molar refractivity (Wildman–Crippen MR) is 89.3 cm³/mol. The molecule has 122 valence electrons. The molecule has 1 aliphatic rings. The van der Waals surface area contributed by atoms with Crippen molar-refractivity contribution in [3.8, 4) is 0 Å². The largest absolute Gasteiger partial charge is 0.381 e. The Labute approximate surface area is 135 Å². The smallest absolute Gasteiger partial charge is 0.255 e. The maximum Gasteiger partial charge on any atom is 0.255 e. The van der Waals surface area contributed by atoms with Crippen LogP contribution in [0.4, 0.5) is 5.69 Å². The van der Waals surface area contributed by atoms with Crippen molar-refractivity contribution in [3.05, 3.63) is 53.7 Å². The van der Waals surface area contributed by atoms with Crippen molar-refractivity contribution in [3.63, 3.8) is 0 Å². The Hall–Kier alpha value is -2.12. The van der Waals surface area contributed by atoms with Crippen LogP contribution in [0.5, 0.6) is 0 Å². The molecule has 1 N–H and O–H groups in total. The molecule has 0 unspecified atom stereocenters. The van der Waals surface area contributed by atoms with Crippen molar-refractivity contribution < 1.29 is 13.2 Å². The van der Waals surface area contributed by atoms with E-state index in [0.29, 0.717) is 18.9 Å². The summed E-state index contributed by atoms with van der Waals surface area (Å²) in [7, 11) is -3.56. The Bertz CT molecular complexity index is 763. The number of anilines is 1. The van der Waals surface area contributed by atoms with E-state index in [1.54, 1.807) is 17.0 Å². The summed E-state index contributed by atoms with van der Waals surface area (Å²) in [5.74, 6) is 0. The van der Waals surface area contributed by atoms with Crippen LogP contribution in [0.15, 0.2) is 48.1 Å². The first-order chi connectivity index (χ1) is 11.1. The van der Waals surface area contributed by atoms with E-state index in [4.69, 9.17) is 4.74 Å². The van der Waals surface area contributed by atoms with Crippen molar-refractivity contribution >= 4 is 21.8 Å². The minimum absolute atomic E-state index is 0.266. The normalized spacial score (nSPS) is 16.7. The van der Waals surface area contributed by atoms with Crippen molar-refractivity contribution in [2.45, 2.75) is 18.9 Å². The van der Waals surface area contributed by atoms with E-state index < -0.39 is 10.0 Å². The lowest BCUT2D eigenvalue weighted by molar-refractivity contribution is 0.0662. The number of sulfonamides is 1. The number of nitrogens with zero attached hydrogens (tertiary/aromatic N) is 2. The van der Waals surface area contributed by atoms with E-state index in [1.807, 2.05) is 30.3 Å². The van der Waals surface area contributed by atoms with Crippen LogP contribution in [0, 0.1) is 0 Å². The highest BCUT2D eigenvalue weighted by molar-refractivity contribution is 7.95. The molecule has 2 aromatic rings. The fourth-order valence-electron chi connectivity index (χ4n) is 2.47. The molecular weight excluding hydrogens is 314 g/mol. The van der Waals surface area contributed by atoms with Gasteiger partial charge in [-0.15, -0.1) is 0 Å². The van der Waals surface area contributed by atoms with E-state index in [-0.39, 0.29) is 6.04 Å². The van der Waals surface area contributed by atoms with Gasteiger partial charge < -0.3 is 4.74 Å². The van der Waals surface area contributed by atoms with E-state index in [1.165, 1.54) is 6.20 Å². The third kappa shape index (κ3) is 4.43. The SMILES string of the molecule is O=S(=O)(C=Cc1ccccc1)Nc1cnn(C2CCOCC2)c1. The molecule has 0 amide bonds. The van der Waals surface area contributed by atoms with Crippen molar-refractivity contribution in [1.82, 2.24) is 9.78 Å². The second-order valence-corrected chi connectivity index (χ2v) is 6.98. The van der Waals surface area contributed by atoms with Gasteiger partial charge in [0.25, 0.3) is 10.0 Å². The Morgan fingerprint density at radius 3 is 2.70 bits per heavy atom. The fourth-order valence-corrected chi connectivity index (χ4v) is 3.31. The van der Waals surface area contributed by atoms with Gasteiger partial charge in [-0.2, -0.15) is 5.10 Å². The van der Waals surface area contributed by atoms with E-state index in [2.05, 4.69) is 9.82 Å². The summed E-state index contributed by atoms with van der Waals surface area (Å²) in [5.41, 5.74) is 1.30. The van der Waals surface area contributed by atoms with Crippen molar-refractivity contribution in [2.75, 3.05) is 17.9 Å². The number of aromatic nitrogens is 2. The first-order valence-electron chi connectivity index (χ1n) is 7.50. The molecule has 0 atom stereocenters. The van der Waals surface area contributed by atoms with Gasteiger partial charge in [0.15, 0.2) is 0 Å². The average Bonchev–Trinajstić information content (AvgIpc) is 3.03. The second kappa shape index (κ2) is 6.97. The Morgan fingerprint density at radius 1 is 1.22 bits per heavy atom. The van der Waals surface area contributed by atoms with Gasteiger partial charge in [-0.25, -0.2) is 8.42 Å². The van der Waals surface area contributed by atoms with Gasteiger partial charge >= 0.3 is 0 Å². The average molecular weight is 333 g/mol. The molecule has 1 fully saturated rings. The molecule has 23 heavy (non-hydrogen) atoms. The van der Waals surface area contributed by atoms with E-state index >= 15 is 0 Å². The van der Waals surface area contributed by atoms with Crippen molar-refractivity contribution in [1.29, 1.82) is 0 Å². The standard InChI is InChI=1S/C16H19N3O3S/c20-23(21,11-8-14-4-2-1-3-5-14)18-15-12-17-19(13-15)16-6-9-22-10-7-16/h1-5,8,11-13,16,18H,6-7,9-10H2. The molecular formula is C16H19N3O3S. The van der Waals surface area contributed by atoms with Crippen LogP contribution >= 0.6 is 0 Å². The third-order valence-electron chi connectivity index (χ3n) is 3.67. The van der Waals surface area contributed by atoms with Gasteiger partial charge in [-0.05, 0) is 24.5 Å². The lowest BCUT2D eigenvalue weighted by Gasteiger charge is -2.22. The molecule has 1 saturated heterocycles. The first-order valence-corrected chi connectivity index (χ1v) is 9.05. The highest BCUT2D eigenvalue weighted by Crippen LogP contribution is 2.22. The number of benzene rings is 1. The molecule has 1 aliphatic heterocycles. The van der Waals surface area contributed by atoms with Gasteiger partial charge in [0.1, 0.15) is 0 Å². The molecule has 6 nitrogen and oxygen atoms in total. The van der Waals surface area contributed by atoms with Gasteiger partial charge in [-0.1, -0.05) is 30.3 Å². The molecule has 1 aromatic heterocycles. The molecule has 0 spiro atoms. The lowest BCUT2D eigenvalue weighted by Crippen LogP contribution is -2.19. The number of nitrogens with one attached hydrogen (secondary N) is 1. The Morgan fingerprint density at radius 2 is 1.96 bits per heavy atom. The highest BCUT2D eigenvalue weighted by atomic mass is 32.2. The van der Waals surface area contributed by atoms with Crippen LogP contribution in [-0.4, -0.2) is 31.4 Å². The lowest BCUT2D eigenvalue weighted by atomic mass is 10.1. The van der Waals surface area contributed by atoms with Crippen LogP contribution < -0.4 is 4.72 Å². The number of hydrogen-bond donors (Lipinski definition) is 1. The van der Waals surface area contributed by atoms with Crippen LogP contribution in [-0.2, 0) is 14.8 Å². The van der Waals surface area contributed by atoms with Crippen LogP contribution in [0.25, 0.3) is 6.08 Å². The zero-order valence-corrected chi connectivity index (χ0v) is 13.4. The maximum atomic E-state index is 12.1. The van der Waals surface area contributed by atoms with Gasteiger partial charge in [0.2, 0.25) is 0 Å². The summed E-state index contributed by atoms with van der Waals surface area (Å²) in [6, 6.07) is 9.55. The summed E-state index contributed by atoms with van der Waals surface area (Å²) in [6.07, 6.45) is 6.60. The minimum Gasteiger partial charge on any atom is -0.381 e. The van der Waals surface area contributed by atoms with E-state index in [9.17, 15) is 8.42 Å². The molecule has 2 heterocycles. The zero-order valence-electron chi connectivity index (χ0n) is 12.6. The monoisotopic (exact) mass is 333 g/mol. The van der Waals surface area contributed by atoms with E-state index in [0.717, 1.165) is 23.8 Å². The Balaban J connectivity index is 1.66. The highest BCUT2D eigenvalue weighted by Gasteiger charge is 2.17. The molecule has 7 heteroatoms. The second-order valence-electron chi connectivity index (χ2n) is 5.41. The van der Waals surface area contributed by atoms with Crippen LogP contribution in [0.1, 0.15) is 24.4 Å². The summed E-state index contributed by atoms with van der Waals surface area (Å²) in [5, 5.41) is 5.41. The minimum atomic E-state index is -3.56. The third-order valence-corrected chi connectivity index (χ3v) is 4.68. The van der Waals surface area contributed by atoms with Gasteiger partial charge in [0.05, 0.1) is 23.3 Å². The predicted octanol–water partition coefficient (Wildman–Crippen LogP) is 2.65. The number of ether oxygens (including phenoxy) is 1. The molecule has 0 saturated carbocycles. The van der Waals surface area contributed by atoms with Crippen LogP contribution in [0.3, 0.4) is 0 Å². The molecule has 0 radical (unpaired) electrons. The number of hydrogen-bond acceptors (Lipinski definition) is 4. The summed E-state index contributed by atoms with van der Waals surface area (Å²) in [4.78, 5) is 0. The van der Waals surface area contributed by atoms with Crippen molar-refractivity contribution in [2.24, 2.45) is 0 Å². The Kier molecular flexibility index (Phi) is 4.78.